The van der Waals surface area contributed by atoms with E-state index in [4.69, 9.17) is 4.74 Å². The Bertz CT molecular complexity index is 758. The van der Waals surface area contributed by atoms with Gasteiger partial charge < -0.3 is 10.1 Å². The van der Waals surface area contributed by atoms with Gasteiger partial charge in [-0.3, -0.25) is 9.69 Å². The Labute approximate surface area is 147 Å². The number of urea groups is 1. The fraction of sp³-hybridized carbons (Fsp3) is 0.526. The summed E-state index contributed by atoms with van der Waals surface area (Å²) < 4.78 is 5.97. The Morgan fingerprint density at radius 3 is 2.52 bits per heavy atom. The molecule has 0 aromatic heterocycles. The average molecular weight is 341 g/mol. The van der Waals surface area contributed by atoms with Crippen molar-refractivity contribution in [2.24, 2.45) is 0 Å². The summed E-state index contributed by atoms with van der Waals surface area (Å²) in [6.45, 7) is 7.51. The van der Waals surface area contributed by atoms with E-state index >= 15 is 0 Å². The smallest absolute Gasteiger partial charge is 0.325 e. The van der Waals surface area contributed by atoms with Crippen LogP contribution >= 0.6 is 0 Å². The van der Waals surface area contributed by atoms with Crippen LogP contribution in [0.25, 0.3) is 0 Å². The number of carbonyl (C=O) groups excluding carboxylic acids is 2. The topological polar surface area (TPSA) is 82.4 Å². The van der Waals surface area contributed by atoms with Crippen LogP contribution in [0.5, 0.6) is 5.75 Å². The first-order valence-electron chi connectivity index (χ1n) is 8.59. The second-order valence-electron chi connectivity index (χ2n) is 7.61. The van der Waals surface area contributed by atoms with Crippen LogP contribution in [0, 0.1) is 11.3 Å². The number of benzene rings is 1. The number of ether oxygens (including phenoxy) is 1. The number of imide groups is 1. The largest absolute Gasteiger partial charge is 0.490 e. The molecule has 1 aromatic rings. The van der Waals surface area contributed by atoms with Crippen LogP contribution in [-0.2, 0) is 4.79 Å². The van der Waals surface area contributed by atoms with E-state index in [0.717, 1.165) is 11.3 Å². The van der Waals surface area contributed by atoms with E-state index in [1.54, 1.807) is 26.0 Å². The van der Waals surface area contributed by atoms with Gasteiger partial charge in [-0.25, -0.2) is 4.79 Å². The molecule has 1 aliphatic carbocycles. The summed E-state index contributed by atoms with van der Waals surface area (Å²) >= 11 is 0. The maximum atomic E-state index is 12.3. The van der Waals surface area contributed by atoms with Crippen LogP contribution in [0.15, 0.2) is 18.2 Å². The molecular weight excluding hydrogens is 318 g/mol. The maximum absolute atomic E-state index is 12.3. The number of hydrogen-bond acceptors (Lipinski definition) is 4. The van der Waals surface area contributed by atoms with Crippen LogP contribution in [0.1, 0.15) is 57.6 Å². The highest BCUT2D eigenvalue weighted by Crippen LogP contribution is 2.34. The predicted octanol–water partition coefficient (Wildman–Crippen LogP) is 2.92. The van der Waals surface area contributed by atoms with Crippen molar-refractivity contribution in [2.75, 3.05) is 0 Å². The zero-order chi connectivity index (χ0) is 18.4. The molecule has 1 N–H and O–H groups in total. The Morgan fingerprint density at radius 2 is 2.00 bits per heavy atom. The first-order chi connectivity index (χ1) is 11.7. The Hall–Kier alpha value is -2.55. The lowest BCUT2D eigenvalue weighted by Crippen LogP contribution is -2.52. The average Bonchev–Trinajstić information content (AvgIpc) is 2.71. The first-order valence-corrected chi connectivity index (χ1v) is 8.59. The third kappa shape index (κ3) is 3.07. The fourth-order valence-corrected chi connectivity index (χ4v) is 3.34. The molecule has 2 fully saturated rings. The van der Waals surface area contributed by atoms with Gasteiger partial charge in [-0.15, -0.1) is 0 Å². The number of rotatable bonds is 4. The van der Waals surface area contributed by atoms with Crippen LogP contribution in [-0.4, -0.2) is 34.5 Å². The van der Waals surface area contributed by atoms with Gasteiger partial charge in [-0.1, -0.05) is 13.8 Å². The van der Waals surface area contributed by atoms with E-state index in [0.29, 0.717) is 18.4 Å². The molecule has 0 spiro atoms. The normalized spacial score (nSPS) is 24.7. The van der Waals surface area contributed by atoms with E-state index in [2.05, 4.69) is 11.4 Å². The van der Waals surface area contributed by atoms with Gasteiger partial charge in [0.15, 0.2) is 0 Å². The lowest BCUT2D eigenvalue weighted by atomic mass is 9.87. The number of amides is 3. The summed E-state index contributed by atoms with van der Waals surface area (Å²) in [5.74, 6) is 0.783. The standard InChI is InChI=1S/C19H23N3O3/c1-11(2)16-9-14(6-5-12(16)10-20)25-15-7-13(8-15)22-17(23)19(3,4)21-18(22)24/h5-6,9,11,13,15H,7-8H2,1-4H3,(H,21,24)/t13-,15+. The molecule has 3 rings (SSSR count). The summed E-state index contributed by atoms with van der Waals surface area (Å²) in [6, 6.07) is 7.26. The molecule has 0 atom stereocenters. The monoisotopic (exact) mass is 341 g/mol. The molecule has 1 heterocycles. The quantitative estimate of drug-likeness (QED) is 0.854. The molecule has 132 valence electrons. The molecule has 6 nitrogen and oxygen atoms in total. The van der Waals surface area contributed by atoms with E-state index < -0.39 is 5.54 Å². The van der Waals surface area contributed by atoms with Crippen LogP contribution in [0.2, 0.25) is 0 Å². The summed E-state index contributed by atoms with van der Waals surface area (Å²) in [6.07, 6.45) is 1.24. The molecule has 0 radical (unpaired) electrons. The van der Waals surface area contributed by atoms with Gasteiger partial charge in [0.2, 0.25) is 0 Å². The lowest BCUT2D eigenvalue weighted by molar-refractivity contribution is -0.134. The number of nitrogens with zero attached hydrogens (tertiary/aromatic N) is 2. The Balaban J connectivity index is 1.63. The third-order valence-electron chi connectivity index (χ3n) is 4.90. The molecule has 2 aliphatic rings. The summed E-state index contributed by atoms with van der Waals surface area (Å²) in [7, 11) is 0. The van der Waals surface area contributed by atoms with Gasteiger partial charge in [-0.2, -0.15) is 5.26 Å². The maximum Gasteiger partial charge on any atom is 0.325 e. The van der Waals surface area contributed by atoms with E-state index in [1.165, 1.54) is 4.90 Å². The molecule has 0 bridgehead atoms. The number of nitriles is 1. The summed E-state index contributed by atoms with van der Waals surface area (Å²) in [5.41, 5.74) is 0.796. The van der Waals surface area contributed by atoms with E-state index in [-0.39, 0.29) is 30.0 Å². The zero-order valence-corrected chi connectivity index (χ0v) is 15.0. The van der Waals surface area contributed by atoms with Crippen molar-refractivity contribution in [3.8, 4) is 11.8 Å². The molecule has 1 aromatic carbocycles. The summed E-state index contributed by atoms with van der Waals surface area (Å²) in [5, 5.41) is 11.9. The molecule has 3 amide bonds. The Morgan fingerprint density at radius 1 is 1.32 bits per heavy atom. The highest BCUT2D eigenvalue weighted by molar-refractivity contribution is 6.06. The van der Waals surface area contributed by atoms with Crippen molar-refractivity contribution in [3.05, 3.63) is 29.3 Å². The van der Waals surface area contributed by atoms with Gasteiger partial charge in [0.05, 0.1) is 11.6 Å². The first kappa shape index (κ1) is 17.3. The lowest BCUT2D eigenvalue weighted by Gasteiger charge is -2.39. The van der Waals surface area contributed by atoms with Gasteiger partial charge in [-0.05, 0) is 43.5 Å². The predicted molar refractivity (Wildman–Crippen MR) is 92.1 cm³/mol. The van der Waals surface area contributed by atoms with Gasteiger partial charge in [0.1, 0.15) is 17.4 Å². The zero-order valence-electron chi connectivity index (χ0n) is 15.0. The SMILES string of the molecule is CC(C)c1cc(O[C@H]2C[C@@H](N3C(=O)NC(C)(C)C3=O)C2)ccc1C#N. The number of hydrogen-bond donors (Lipinski definition) is 1. The van der Waals surface area contributed by atoms with Crippen molar-refractivity contribution < 1.29 is 14.3 Å². The fourth-order valence-electron chi connectivity index (χ4n) is 3.34. The number of carbonyl (C=O) groups is 2. The summed E-state index contributed by atoms with van der Waals surface area (Å²) in [4.78, 5) is 25.6. The van der Waals surface area contributed by atoms with Crippen molar-refractivity contribution in [1.82, 2.24) is 10.2 Å². The molecule has 0 unspecified atom stereocenters. The second kappa shape index (κ2) is 6.07. The minimum atomic E-state index is -0.831. The highest BCUT2D eigenvalue weighted by Gasteiger charge is 2.50. The molecule has 6 heteroatoms. The minimum Gasteiger partial charge on any atom is -0.490 e. The van der Waals surface area contributed by atoms with Gasteiger partial charge in [0, 0.05) is 18.9 Å². The van der Waals surface area contributed by atoms with Crippen molar-refractivity contribution in [3.63, 3.8) is 0 Å². The van der Waals surface area contributed by atoms with Crippen molar-refractivity contribution in [1.29, 1.82) is 5.26 Å². The van der Waals surface area contributed by atoms with E-state index in [9.17, 15) is 14.9 Å². The van der Waals surface area contributed by atoms with Crippen LogP contribution in [0.3, 0.4) is 0 Å². The van der Waals surface area contributed by atoms with Gasteiger partial charge in [0.25, 0.3) is 5.91 Å². The number of nitrogens with one attached hydrogen (secondary N) is 1. The highest BCUT2D eigenvalue weighted by atomic mass is 16.5. The van der Waals surface area contributed by atoms with Crippen LogP contribution < -0.4 is 10.1 Å². The Kier molecular flexibility index (Phi) is 4.19. The molecule has 1 saturated heterocycles. The van der Waals surface area contributed by atoms with Crippen LogP contribution in [0.4, 0.5) is 4.79 Å². The van der Waals surface area contributed by atoms with Crippen molar-refractivity contribution >= 4 is 11.9 Å². The van der Waals surface area contributed by atoms with Gasteiger partial charge >= 0.3 is 6.03 Å². The second-order valence-corrected chi connectivity index (χ2v) is 7.61. The van der Waals surface area contributed by atoms with E-state index in [1.807, 2.05) is 19.9 Å². The minimum absolute atomic E-state index is 0.0257. The molecular formula is C19H23N3O3. The van der Waals surface area contributed by atoms with Crippen molar-refractivity contribution in [2.45, 2.75) is 64.1 Å². The molecule has 1 aliphatic heterocycles. The molecule has 25 heavy (non-hydrogen) atoms. The molecule has 1 saturated carbocycles. The third-order valence-corrected chi connectivity index (χ3v) is 4.90.